The second kappa shape index (κ2) is 11.4. The zero-order valence-electron chi connectivity index (χ0n) is 17.7. The maximum atomic E-state index is 13.0. The lowest BCUT2D eigenvalue weighted by Crippen LogP contribution is -2.31. The summed E-state index contributed by atoms with van der Waals surface area (Å²) in [7, 11) is -4.38. The highest BCUT2D eigenvalue weighted by Gasteiger charge is 2.27. The molecule has 0 radical (unpaired) electrons. The summed E-state index contributed by atoms with van der Waals surface area (Å²) in [6, 6.07) is 10.9. The SMILES string of the molecule is CCCCNc1cc(C(=O)O)cc(S(=O)(=O)NC(=O)CCCC)c1Oc1ccccc1. The average Bonchev–Trinajstić information content (AvgIpc) is 2.73. The summed E-state index contributed by atoms with van der Waals surface area (Å²) in [5, 5.41) is 12.6. The Morgan fingerprint density at radius 2 is 1.71 bits per heavy atom. The predicted octanol–water partition coefficient (Wildman–Crippen LogP) is 4.38. The van der Waals surface area contributed by atoms with Gasteiger partial charge in [-0.3, -0.25) is 4.79 Å². The van der Waals surface area contributed by atoms with E-state index >= 15 is 0 Å². The molecule has 8 nitrogen and oxygen atoms in total. The van der Waals surface area contributed by atoms with Crippen molar-refractivity contribution in [3.8, 4) is 11.5 Å². The fraction of sp³-hybridized carbons (Fsp3) is 0.364. The molecular formula is C22H28N2O6S. The van der Waals surface area contributed by atoms with Gasteiger partial charge < -0.3 is 15.2 Å². The Morgan fingerprint density at radius 1 is 1.03 bits per heavy atom. The average molecular weight is 449 g/mol. The summed E-state index contributed by atoms with van der Waals surface area (Å²) in [5.74, 6) is -1.65. The molecule has 0 atom stereocenters. The third-order valence-corrected chi connectivity index (χ3v) is 5.78. The summed E-state index contributed by atoms with van der Waals surface area (Å²) in [4.78, 5) is 23.3. The molecule has 0 aliphatic heterocycles. The first kappa shape index (κ1) is 24.2. The second-order valence-electron chi connectivity index (χ2n) is 6.98. The summed E-state index contributed by atoms with van der Waals surface area (Å²) in [5.41, 5.74) is -0.0145. The number of carboxylic acid groups (broad SMARTS) is 1. The van der Waals surface area contributed by atoms with Gasteiger partial charge in [-0.2, -0.15) is 0 Å². The summed E-state index contributed by atoms with van der Waals surface area (Å²) in [6.07, 6.45) is 2.99. The van der Waals surface area contributed by atoms with Gasteiger partial charge in [-0.15, -0.1) is 0 Å². The molecule has 168 valence electrons. The zero-order valence-corrected chi connectivity index (χ0v) is 18.5. The number of sulfonamides is 1. The standard InChI is InChI=1S/C22H28N2O6S/c1-3-5-12-20(25)24-31(28,29)19-15-16(22(26)27)14-18(23-13-6-4-2)21(19)30-17-10-8-7-9-11-17/h7-11,14-15,23H,3-6,12-13H2,1-2H3,(H,24,25)(H,26,27). The quantitative estimate of drug-likeness (QED) is 0.412. The topological polar surface area (TPSA) is 122 Å². The van der Waals surface area contributed by atoms with Gasteiger partial charge in [0.05, 0.1) is 11.3 Å². The maximum Gasteiger partial charge on any atom is 0.335 e. The van der Waals surface area contributed by atoms with Crippen LogP contribution in [0.4, 0.5) is 5.69 Å². The Balaban J connectivity index is 2.58. The van der Waals surface area contributed by atoms with Crippen LogP contribution in [-0.2, 0) is 14.8 Å². The highest BCUT2D eigenvalue weighted by Crippen LogP contribution is 2.37. The van der Waals surface area contributed by atoms with Crippen LogP contribution in [0.1, 0.15) is 56.3 Å². The predicted molar refractivity (Wildman–Crippen MR) is 118 cm³/mol. The lowest BCUT2D eigenvalue weighted by atomic mass is 10.1. The number of hydrogen-bond donors (Lipinski definition) is 3. The van der Waals surface area contributed by atoms with Crippen molar-refractivity contribution in [2.24, 2.45) is 0 Å². The van der Waals surface area contributed by atoms with Gasteiger partial charge in [-0.05, 0) is 37.1 Å². The van der Waals surface area contributed by atoms with E-state index in [9.17, 15) is 23.1 Å². The van der Waals surface area contributed by atoms with Crippen molar-refractivity contribution < 1.29 is 27.9 Å². The molecule has 0 fully saturated rings. The summed E-state index contributed by atoms with van der Waals surface area (Å²) >= 11 is 0. The van der Waals surface area contributed by atoms with Gasteiger partial charge in [0.1, 0.15) is 10.6 Å². The molecule has 0 spiro atoms. The van der Waals surface area contributed by atoms with Crippen LogP contribution in [0, 0.1) is 0 Å². The van der Waals surface area contributed by atoms with E-state index in [4.69, 9.17) is 4.74 Å². The number of benzene rings is 2. The Hall–Kier alpha value is -3.07. The number of amides is 1. The van der Waals surface area contributed by atoms with Gasteiger partial charge in [0.2, 0.25) is 5.91 Å². The van der Waals surface area contributed by atoms with E-state index in [-0.39, 0.29) is 23.4 Å². The van der Waals surface area contributed by atoms with Gasteiger partial charge in [0.25, 0.3) is 10.0 Å². The molecule has 0 heterocycles. The van der Waals surface area contributed by atoms with E-state index in [1.165, 1.54) is 6.07 Å². The molecule has 0 aliphatic carbocycles. The first-order chi connectivity index (χ1) is 14.8. The van der Waals surface area contributed by atoms with Crippen LogP contribution in [-0.4, -0.2) is 31.9 Å². The molecule has 0 aromatic heterocycles. The molecule has 0 unspecified atom stereocenters. The minimum absolute atomic E-state index is 0.0465. The number of aromatic carboxylic acids is 1. The number of ether oxygens (including phenoxy) is 1. The van der Waals surface area contributed by atoms with Crippen LogP contribution in [0.3, 0.4) is 0 Å². The lowest BCUT2D eigenvalue weighted by Gasteiger charge is -2.18. The van der Waals surface area contributed by atoms with Gasteiger partial charge in [0, 0.05) is 13.0 Å². The largest absolute Gasteiger partial charge is 0.478 e. The lowest BCUT2D eigenvalue weighted by molar-refractivity contribution is -0.119. The van der Waals surface area contributed by atoms with Crippen LogP contribution in [0.15, 0.2) is 47.4 Å². The first-order valence-corrected chi connectivity index (χ1v) is 11.7. The highest BCUT2D eigenvalue weighted by atomic mass is 32.2. The normalized spacial score (nSPS) is 11.0. The number of anilines is 1. The number of para-hydroxylation sites is 1. The van der Waals surface area contributed by atoms with Gasteiger partial charge >= 0.3 is 5.97 Å². The molecule has 1 amide bonds. The number of carbonyl (C=O) groups excluding carboxylic acids is 1. The number of hydrogen-bond acceptors (Lipinski definition) is 6. The molecule has 0 bridgehead atoms. The molecule has 0 saturated heterocycles. The van der Waals surface area contributed by atoms with Crippen molar-refractivity contribution in [1.82, 2.24) is 4.72 Å². The van der Waals surface area contributed by atoms with E-state index in [1.807, 2.05) is 18.6 Å². The number of nitrogens with one attached hydrogen (secondary N) is 2. The minimum atomic E-state index is -4.38. The Bertz CT molecular complexity index is 1010. The monoisotopic (exact) mass is 448 g/mol. The fourth-order valence-corrected chi connectivity index (χ4v) is 3.95. The second-order valence-corrected chi connectivity index (χ2v) is 8.63. The fourth-order valence-electron chi connectivity index (χ4n) is 2.76. The van der Waals surface area contributed by atoms with Crippen molar-refractivity contribution in [2.75, 3.05) is 11.9 Å². The van der Waals surface area contributed by atoms with Crippen LogP contribution in [0.5, 0.6) is 11.5 Å². The molecule has 2 aromatic carbocycles. The maximum absolute atomic E-state index is 13.0. The number of carboxylic acids is 1. The summed E-state index contributed by atoms with van der Waals surface area (Å²) < 4.78 is 34.0. The van der Waals surface area contributed by atoms with Crippen LogP contribution in [0.2, 0.25) is 0 Å². The smallest absolute Gasteiger partial charge is 0.335 e. The number of carbonyl (C=O) groups is 2. The van der Waals surface area contributed by atoms with Crippen molar-refractivity contribution in [2.45, 2.75) is 50.8 Å². The molecule has 0 aliphatic rings. The number of rotatable bonds is 12. The summed E-state index contributed by atoms with van der Waals surface area (Å²) in [6.45, 7) is 4.38. The molecule has 0 saturated carbocycles. The highest BCUT2D eigenvalue weighted by molar-refractivity contribution is 7.90. The van der Waals surface area contributed by atoms with E-state index in [0.29, 0.717) is 18.7 Å². The first-order valence-electron chi connectivity index (χ1n) is 10.2. The van der Waals surface area contributed by atoms with E-state index in [0.717, 1.165) is 25.3 Å². The molecule has 3 N–H and O–H groups in total. The van der Waals surface area contributed by atoms with Crippen molar-refractivity contribution in [1.29, 1.82) is 0 Å². The molecular weight excluding hydrogens is 420 g/mol. The third-order valence-electron chi connectivity index (χ3n) is 4.41. The minimum Gasteiger partial charge on any atom is -0.478 e. The van der Waals surface area contributed by atoms with E-state index in [2.05, 4.69) is 5.32 Å². The molecule has 31 heavy (non-hydrogen) atoms. The Labute approximate surface area is 182 Å². The van der Waals surface area contributed by atoms with Gasteiger partial charge in [-0.25, -0.2) is 17.9 Å². The van der Waals surface area contributed by atoms with Crippen molar-refractivity contribution >= 4 is 27.6 Å². The van der Waals surface area contributed by atoms with E-state index in [1.54, 1.807) is 30.3 Å². The molecule has 2 rings (SSSR count). The zero-order chi connectivity index (χ0) is 22.9. The Morgan fingerprint density at radius 3 is 2.32 bits per heavy atom. The third kappa shape index (κ3) is 6.99. The Kier molecular flexibility index (Phi) is 8.87. The van der Waals surface area contributed by atoms with E-state index < -0.39 is 26.8 Å². The van der Waals surface area contributed by atoms with Gasteiger partial charge in [0.15, 0.2) is 5.75 Å². The number of unbranched alkanes of at least 4 members (excludes halogenated alkanes) is 2. The molecule has 9 heteroatoms. The van der Waals surface area contributed by atoms with Crippen molar-refractivity contribution in [3.05, 3.63) is 48.0 Å². The molecule has 2 aromatic rings. The van der Waals surface area contributed by atoms with Crippen LogP contribution < -0.4 is 14.8 Å². The van der Waals surface area contributed by atoms with Crippen molar-refractivity contribution in [3.63, 3.8) is 0 Å². The van der Waals surface area contributed by atoms with Gasteiger partial charge in [-0.1, -0.05) is 44.9 Å². The van der Waals surface area contributed by atoms with Crippen LogP contribution in [0.25, 0.3) is 0 Å². The van der Waals surface area contributed by atoms with Crippen LogP contribution >= 0.6 is 0 Å².